The second-order valence-electron chi connectivity index (χ2n) is 7.05. The predicted octanol–water partition coefficient (Wildman–Crippen LogP) is 2.98. The fraction of sp³-hybridized carbons (Fsp3) is 0.684. The summed E-state index contributed by atoms with van der Waals surface area (Å²) in [5, 5.41) is 0. The van der Waals surface area contributed by atoms with E-state index < -0.39 is 6.61 Å². The molecule has 0 saturated carbocycles. The van der Waals surface area contributed by atoms with E-state index in [0.717, 1.165) is 38.3 Å². The number of rotatable bonds is 9. The molecule has 2 aliphatic heterocycles. The minimum absolute atomic E-state index is 0.0806. The van der Waals surface area contributed by atoms with Crippen LogP contribution in [0.4, 0.5) is 8.78 Å². The topological polar surface area (TPSA) is 34.2 Å². The molecule has 0 radical (unpaired) electrons. The van der Waals surface area contributed by atoms with Gasteiger partial charge in [0.1, 0.15) is 0 Å². The van der Waals surface area contributed by atoms with Crippen LogP contribution in [0.2, 0.25) is 0 Å². The minimum Gasteiger partial charge on any atom is -0.490 e. The third-order valence-corrected chi connectivity index (χ3v) is 4.89. The molecular formula is C19H28F2N2O3. The highest BCUT2D eigenvalue weighted by molar-refractivity contribution is 5.43. The van der Waals surface area contributed by atoms with Crippen LogP contribution in [0.15, 0.2) is 18.2 Å². The van der Waals surface area contributed by atoms with E-state index in [1.807, 2.05) is 13.0 Å². The van der Waals surface area contributed by atoms with Crippen molar-refractivity contribution in [3.05, 3.63) is 23.8 Å². The first-order valence-electron chi connectivity index (χ1n) is 9.30. The van der Waals surface area contributed by atoms with Crippen LogP contribution in [0.1, 0.15) is 25.3 Å². The van der Waals surface area contributed by atoms with Gasteiger partial charge >= 0.3 is 6.61 Å². The number of likely N-dealkylation sites (N-methyl/N-ethyl adjacent to an activating group) is 1. The van der Waals surface area contributed by atoms with E-state index >= 15 is 0 Å². The van der Waals surface area contributed by atoms with Crippen molar-refractivity contribution in [2.75, 3.05) is 39.8 Å². The zero-order valence-electron chi connectivity index (χ0n) is 15.5. The van der Waals surface area contributed by atoms with Crippen molar-refractivity contribution in [2.45, 2.75) is 45.1 Å². The van der Waals surface area contributed by atoms with Gasteiger partial charge in [-0.15, -0.1) is 0 Å². The average molecular weight is 370 g/mol. The zero-order chi connectivity index (χ0) is 18.5. The lowest BCUT2D eigenvalue weighted by Gasteiger charge is -2.33. The van der Waals surface area contributed by atoms with Crippen LogP contribution >= 0.6 is 0 Å². The first kappa shape index (κ1) is 19.3. The van der Waals surface area contributed by atoms with Crippen molar-refractivity contribution in [3.8, 4) is 11.5 Å². The lowest BCUT2D eigenvalue weighted by atomic mass is 10.2. The number of morpholine rings is 1. The maximum absolute atomic E-state index is 12.5. The molecule has 26 heavy (non-hydrogen) atoms. The number of fused-ring (bicyclic) bond motifs is 2. The summed E-state index contributed by atoms with van der Waals surface area (Å²) in [5.74, 6) is 0.445. The molecule has 2 atom stereocenters. The van der Waals surface area contributed by atoms with Crippen molar-refractivity contribution in [1.82, 2.24) is 9.80 Å². The van der Waals surface area contributed by atoms with E-state index in [9.17, 15) is 8.78 Å². The maximum Gasteiger partial charge on any atom is 0.387 e. The van der Waals surface area contributed by atoms with Gasteiger partial charge in [-0.1, -0.05) is 6.07 Å². The van der Waals surface area contributed by atoms with Crippen LogP contribution in [0.3, 0.4) is 0 Å². The Bertz CT molecular complexity index is 576. The first-order chi connectivity index (χ1) is 12.5. The number of hydrogen-bond acceptors (Lipinski definition) is 5. The molecular weight excluding hydrogens is 342 g/mol. The lowest BCUT2D eigenvalue weighted by Crippen LogP contribution is -2.45. The Morgan fingerprint density at radius 3 is 2.62 bits per heavy atom. The maximum atomic E-state index is 12.5. The standard InChI is InChI=1S/C19H28F2N2O3/c1-3-24-18-10-14(4-7-17(18)26-19(20)21)11-22(2)8-9-23-12-15-5-6-16(13-23)25-15/h4,7,10,15-16,19H,3,5-6,8-9,11-13H2,1-2H3. The molecule has 2 bridgehead atoms. The minimum atomic E-state index is -2.86. The molecule has 0 N–H and O–H groups in total. The van der Waals surface area contributed by atoms with E-state index in [4.69, 9.17) is 9.47 Å². The van der Waals surface area contributed by atoms with Gasteiger partial charge in [-0.05, 0) is 44.5 Å². The van der Waals surface area contributed by atoms with Crippen LogP contribution in [-0.4, -0.2) is 68.5 Å². The number of likely N-dealkylation sites (tertiary alicyclic amines) is 1. The summed E-state index contributed by atoms with van der Waals surface area (Å²) >= 11 is 0. The zero-order valence-corrected chi connectivity index (χ0v) is 15.5. The van der Waals surface area contributed by atoms with Gasteiger partial charge in [-0.2, -0.15) is 8.78 Å². The summed E-state index contributed by atoms with van der Waals surface area (Å²) in [6, 6.07) is 5.15. The molecule has 0 amide bonds. The van der Waals surface area contributed by atoms with Crippen LogP contribution < -0.4 is 9.47 Å². The van der Waals surface area contributed by atoms with Crippen molar-refractivity contribution < 1.29 is 23.0 Å². The van der Waals surface area contributed by atoms with Crippen molar-refractivity contribution in [3.63, 3.8) is 0 Å². The van der Waals surface area contributed by atoms with Crippen molar-refractivity contribution in [1.29, 1.82) is 0 Å². The highest BCUT2D eigenvalue weighted by Gasteiger charge is 2.33. The Morgan fingerprint density at radius 2 is 1.96 bits per heavy atom. The highest BCUT2D eigenvalue weighted by Crippen LogP contribution is 2.30. The van der Waals surface area contributed by atoms with Gasteiger partial charge in [-0.25, -0.2) is 0 Å². The molecule has 146 valence electrons. The number of nitrogens with zero attached hydrogens (tertiary/aromatic N) is 2. The second-order valence-corrected chi connectivity index (χ2v) is 7.05. The van der Waals surface area contributed by atoms with Crippen LogP contribution in [0, 0.1) is 0 Å². The third-order valence-electron chi connectivity index (χ3n) is 4.89. The summed E-state index contributed by atoms with van der Waals surface area (Å²) in [6.45, 7) is 4.10. The van der Waals surface area contributed by atoms with Crippen molar-refractivity contribution in [2.24, 2.45) is 0 Å². The number of ether oxygens (including phenoxy) is 3. The molecule has 1 aromatic rings. The molecule has 1 aromatic carbocycles. The molecule has 7 heteroatoms. The summed E-state index contributed by atoms with van der Waals surface area (Å²) in [6.07, 6.45) is 3.19. The number of hydrogen-bond donors (Lipinski definition) is 0. The third kappa shape index (κ3) is 5.28. The van der Waals surface area contributed by atoms with Gasteiger partial charge in [0.2, 0.25) is 0 Å². The average Bonchev–Trinajstić information content (AvgIpc) is 2.93. The fourth-order valence-electron chi connectivity index (χ4n) is 3.70. The van der Waals surface area contributed by atoms with E-state index in [1.54, 1.807) is 12.1 Å². The summed E-state index contributed by atoms with van der Waals surface area (Å²) < 4.78 is 40.8. The van der Waals surface area contributed by atoms with Crippen LogP contribution in [-0.2, 0) is 11.3 Å². The van der Waals surface area contributed by atoms with Gasteiger partial charge in [-0.3, -0.25) is 4.90 Å². The molecule has 3 rings (SSSR count). The molecule has 0 spiro atoms. The largest absolute Gasteiger partial charge is 0.490 e. The fourth-order valence-corrected chi connectivity index (χ4v) is 3.70. The van der Waals surface area contributed by atoms with E-state index in [0.29, 0.717) is 24.6 Å². The molecule has 2 saturated heterocycles. The Labute approximate surface area is 153 Å². The van der Waals surface area contributed by atoms with Gasteiger partial charge in [0.05, 0.1) is 18.8 Å². The van der Waals surface area contributed by atoms with E-state index in [-0.39, 0.29) is 5.75 Å². The van der Waals surface area contributed by atoms with Gasteiger partial charge < -0.3 is 19.1 Å². The Balaban J connectivity index is 1.51. The molecule has 0 aromatic heterocycles. The summed E-state index contributed by atoms with van der Waals surface area (Å²) in [4.78, 5) is 4.71. The SMILES string of the molecule is CCOc1cc(CN(C)CCN2CC3CCC(C2)O3)ccc1OC(F)F. The van der Waals surface area contributed by atoms with Gasteiger partial charge in [0.25, 0.3) is 0 Å². The van der Waals surface area contributed by atoms with E-state index in [1.165, 1.54) is 12.8 Å². The highest BCUT2D eigenvalue weighted by atomic mass is 19.3. The monoisotopic (exact) mass is 370 g/mol. The molecule has 2 heterocycles. The predicted molar refractivity (Wildman–Crippen MR) is 94.9 cm³/mol. The Kier molecular flexibility index (Phi) is 6.67. The first-order valence-corrected chi connectivity index (χ1v) is 9.30. The van der Waals surface area contributed by atoms with Crippen molar-refractivity contribution >= 4 is 0 Å². The Morgan fingerprint density at radius 1 is 1.23 bits per heavy atom. The summed E-state index contributed by atoms with van der Waals surface area (Å²) in [5.41, 5.74) is 1.01. The Hall–Kier alpha value is -1.44. The number of alkyl halides is 2. The molecule has 5 nitrogen and oxygen atoms in total. The molecule has 0 aliphatic carbocycles. The molecule has 2 fully saturated rings. The van der Waals surface area contributed by atoms with Crippen LogP contribution in [0.5, 0.6) is 11.5 Å². The lowest BCUT2D eigenvalue weighted by molar-refractivity contribution is -0.0514. The number of benzene rings is 1. The smallest absolute Gasteiger partial charge is 0.387 e. The van der Waals surface area contributed by atoms with E-state index in [2.05, 4.69) is 21.6 Å². The number of halogens is 2. The normalized spacial score (nSPS) is 23.0. The molecule has 2 aliphatic rings. The second kappa shape index (κ2) is 8.97. The quantitative estimate of drug-likeness (QED) is 0.668. The molecule has 2 unspecified atom stereocenters. The van der Waals surface area contributed by atoms with Gasteiger partial charge in [0, 0.05) is 32.7 Å². The van der Waals surface area contributed by atoms with Crippen LogP contribution in [0.25, 0.3) is 0 Å². The van der Waals surface area contributed by atoms with Gasteiger partial charge in [0.15, 0.2) is 11.5 Å². The summed E-state index contributed by atoms with van der Waals surface area (Å²) in [7, 11) is 2.07.